The summed E-state index contributed by atoms with van der Waals surface area (Å²) < 4.78 is 0. The van der Waals surface area contributed by atoms with Gasteiger partial charge in [0.2, 0.25) is 5.91 Å². The molecule has 2 aliphatic rings. The molecule has 1 aromatic carbocycles. The van der Waals surface area contributed by atoms with Crippen molar-refractivity contribution in [1.82, 2.24) is 19.8 Å². The van der Waals surface area contributed by atoms with Crippen LogP contribution in [0.15, 0.2) is 30.5 Å². The predicted molar refractivity (Wildman–Crippen MR) is 110 cm³/mol. The first-order chi connectivity index (χ1) is 13.5. The number of aromatic nitrogens is 2. The summed E-state index contributed by atoms with van der Waals surface area (Å²) in [6, 6.07) is 8.30. The second-order valence-electron chi connectivity index (χ2n) is 8.44. The van der Waals surface area contributed by atoms with Crippen molar-refractivity contribution in [3.8, 4) is 0 Å². The maximum absolute atomic E-state index is 13.1. The van der Waals surface area contributed by atoms with Gasteiger partial charge in [-0.3, -0.25) is 4.79 Å². The zero-order valence-electron chi connectivity index (χ0n) is 17.2. The van der Waals surface area contributed by atoms with Crippen LogP contribution in [-0.4, -0.2) is 52.4 Å². The van der Waals surface area contributed by atoms with E-state index in [1.165, 1.54) is 16.8 Å². The fourth-order valence-corrected chi connectivity index (χ4v) is 4.33. The van der Waals surface area contributed by atoms with Crippen molar-refractivity contribution in [3.05, 3.63) is 58.7 Å². The molecule has 2 aromatic rings. The van der Waals surface area contributed by atoms with Crippen LogP contribution in [-0.2, 0) is 17.8 Å². The van der Waals surface area contributed by atoms with Gasteiger partial charge >= 0.3 is 0 Å². The molecule has 0 aliphatic carbocycles. The van der Waals surface area contributed by atoms with Gasteiger partial charge in [0.15, 0.2) is 0 Å². The molecule has 1 aromatic heterocycles. The monoisotopic (exact) mass is 378 g/mol. The lowest BCUT2D eigenvalue weighted by Gasteiger charge is -2.34. The number of carbonyl (C=O) groups excluding carboxylic acids is 1. The van der Waals surface area contributed by atoms with E-state index in [9.17, 15) is 4.79 Å². The van der Waals surface area contributed by atoms with E-state index in [-0.39, 0.29) is 17.7 Å². The van der Waals surface area contributed by atoms with Crippen LogP contribution in [0.5, 0.6) is 0 Å². The van der Waals surface area contributed by atoms with E-state index in [4.69, 9.17) is 4.98 Å². The normalized spacial score (nSPS) is 21.2. The smallest absolute Gasteiger partial charge is 0.229 e. The Morgan fingerprint density at radius 2 is 2.00 bits per heavy atom. The Bertz CT molecular complexity index is 848. The molecule has 5 nitrogen and oxygen atoms in total. The van der Waals surface area contributed by atoms with Gasteiger partial charge in [-0.2, -0.15) is 0 Å². The van der Waals surface area contributed by atoms with Gasteiger partial charge in [0, 0.05) is 56.0 Å². The minimum Gasteiger partial charge on any atom is -0.341 e. The number of nitrogens with zero attached hydrogens (tertiary/aromatic N) is 4. The zero-order valence-corrected chi connectivity index (χ0v) is 17.2. The van der Waals surface area contributed by atoms with E-state index < -0.39 is 0 Å². The Morgan fingerprint density at radius 3 is 2.79 bits per heavy atom. The third-order valence-electron chi connectivity index (χ3n) is 6.19. The molecule has 0 bridgehead atoms. The molecule has 5 heteroatoms. The summed E-state index contributed by atoms with van der Waals surface area (Å²) >= 11 is 0. The van der Waals surface area contributed by atoms with Crippen LogP contribution in [0, 0.1) is 6.92 Å². The lowest BCUT2D eigenvalue weighted by atomic mass is 9.93. The highest BCUT2D eigenvalue weighted by Gasteiger charge is 2.30. The van der Waals surface area contributed by atoms with Crippen LogP contribution in [0.25, 0.3) is 0 Å². The SMILES string of the molecule is Cc1ccc([C@H](C)C(=O)N2CCC[C@H](c3ncc4c(n3)CCN(C)C4)C2)cc1. The topological polar surface area (TPSA) is 49.3 Å². The molecule has 0 saturated carbocycles. The Morgan fingerprint density at radius 1 is 1.21 bits per heavy atom. The second-order valence-corrected chi connectivity index (χ2v) is 8.44. The van der Waals surface area contributed by atoms with E-state index in [1.807, 2.05) is 18.0 Å². The summed E-state index contributed by atoms with van der Waals surface area (Å²) in [7, 11) is 2.14. The number of benzene rings is 1. The van der Waals surface area contributed by atoms with Gasteiger partial charge in [-0.1, -0.05) is 29.8 Å². The lowest BCUT2D eigenvalue weighted by Crippen LogP contribution is -2.41. The van der Waals surface area contributed by atoms with Crippen molar-refractivity contribution in [3.63, 3.8) is 0 Å². The molecule has 2 aliphatic heterocycles. The number of hydrogen-bond donors (Lipinski definition) is 0. The van der Waals surface area contributed by atoms with E-state index in [0.717, 1.165) is 56.8 Å². The number of fused-ring (bicyclic) bond motifs is 1. The third-order valence-corrected chi connectivity index (χ3v) is 6.19. The predicted octanol–water partition coefficient (Wildman–Crippen LogP) is 3.28. The molecule has 3 heterocycles. The minimum absolute atomic E-state index is 0.112. The Balaban J connectivity index is 1.47. The molecule has 0 spiro atoms. The highest BCUT2D eigenvalue weighted by atomic mass is 16.2. The Kier molecular flexibility index (Phi) is 5.44. The van der Waals surface area contributed by atoms with Crippen LogP contribution < -0.4 is 0 Å². The van der Waals surface area contributed by atoms with Crippen LogP contribution in [0.2, 0.25) is 0 Å². The fraction of sp³-hybridized carbons (Fsp3) is 0.522. The minimum atomic E-state index is -0.112. The van der Waals surface area contributed by atoms with E-state index in [0.29, 0.717) is 0 Å². The molecule has 4 rings (SSSR count). The molecule has 0 N–H and O–H groups in total. The highest BCUT2D eigenvalue weighted by Crippen LogP contribution is 2.28. The first-order valence-electron chi connectivity index (χ1n) is 10.4. The number of rotatable bonds is 3. The molecule has 2 atom stereocenters. The number of carbonyl (C=O) groups is 1. The van der Waals surface area contributed by atoms with Gasteiger partial charge < -0.3 is 9.80 Å². The highest BCUT2D eigenvalue weighted by molar-refractivity contribution is 5.83. The molecule has 1 fully saturated rings. The summed E-state index contributed by atoms with van der Waals surface area (Å²) in [5.41, 5.74) is 4.75. The zero-order chi connectivity index (χ0) is 19.7. The number of piperidine rings is 1. The lowest BCUT2D eigenvalue weighted by molar-refractivity contribution is -0.133. The number of likely N-dealkylation sites (N-methyl/N-ethyl adjacent to an activating group) is 1. The summed E-state index contributed by atoms with van der Waals surface area (Å²) in [6.07, 6.45) is 5.06. The van der Waals surface area contributed by atoms with Crippen LogP contribution in [0.4, 0.5) is 0 Å². The van der Waals surface area contributed by atoms with Crippen molar-refractivity contribution in [1.29, 1.82) is 0 Å². The maximum atomic E-state index is 13.1. The molecule has 1 saturated heterocycles. The van der Waals surface area contributed by atoms with Crippen molar-refractivity contribution in [2.45, 2.75) is 51.5 Å². The molecular weight excluding hydrogens is 348 g/mol. The summed E-state index contributed by atoms with van der Waals surface area (Å²) in [5, 5.41) is 0. The first-order valence-corrected chi connectivity index (χ1v) is 10.4. The number of aryl methyl sites for hydroxylation is 1. The quantitative estimate of drug-likeness (QED) is 0.822. The molecule has 0 radical (unpaired) electrons. The largest absolute Gasteiger partial charge is 0.341 e. The van der Waals surface area contributed by atoms with Crippen molar-refractivity contribution in [2.75, 3.05) is 26.7 Å². The second kappa shape index (κ2) is 8.00. The van der Waals surface area contributed by atoms with Gasteiger partial charge in [-0.15, -0.1) is 0 Å². The molecule has 1 amide bonds. The number of likely N-dealkylation sites (tertiary alicyclic amines) is 1. The molecular formula is C23H30N4O. The molecule has 148 valence electrons. The van der Waals surface area contributed by atoms with Crippen LogP contribution in [0.3, 0.4) is 0 Å². The number of hydrogen-bond acceptors (Lipinski definition) is 4. The van der Waals surface area contributed by atoms with Gasteiger partial charge in [0.25, 0.3) is 0 Å². The summed E-state index contributed by atoms with van der Waals surface area (Å²) in [5.74, 6) is 1.27. The maximum Gasteiger partial charge on any atom is 0.229 e. The molecule has 0 unspecified atom stereocenters. The van der Waals surface area contributed by atoms with E-state index >= 15 is 0 Å². The molecule has 28 heavy (non-hydrogen) atoms. The Labute approximate surface area is 167 Å². The van der Waals surface area contributed by atoms with Crippen LogP contribution in [0.1, 0.15) is 59.8 Å². The average molecular weight is 379 g/mol. The van der Waals surface area contributed by atoms with Gasteiger partial charge in [0.1, 0.15) is 5.82 Å². The van der Waals surface area contributed by atoms with Crippen LogP contribution >= 0.6 is 0 Å². The van der Waals surface area contributed by atoms with E-state index in [2.05, 4.69) is 48.1 Å². The van der Waals surface area contributed by atoms with Gasteiger partial charge in [0.05, 0.1) is 5.92 Å². The standard InChI is InChI=1S/C23H30N4O/c1-16-6-8-18(9-7-16)17(2)23(28)27-11-4-5-19(15-27)22-24-13-20-14-26(3)12-10-21(20)25-22/h6-9,13,17,19H,4-5,10-12,14-15H2,1-3H3/t17-,19-/m0/s1. The van der Waals surface area contributed by atoms with Crippen molar-refractivity contribution >= 4 is 5.91 Å². The summed E-state index contributed by atoms with van der Waals surface area (Å²) in [6.45, 7) is 7.63. The Hall–Kier alpha value is -2.27. The van der Waals surface area contributed by atoms with Crippen molar-refractivity contribution in [2.24, 2.45) is 0 Å². The number of amides is 1. The third kappa shape index (κ3) is 3.95. The fourth-order valence-electron chi connectivity index (χ4n) is 4.33. The van der Waals surface area contributed by atoms with Crippen molar-refractivity contribution < 1.29 is 4.79 Å². The summed E-state index contributed by atoms with van der Waals surface area (Å²) in [4.78, 5) is 27.0. The van der Waals surface area contributed by atoms with E-state index in [1.54, 1.807) is 0 Å². The first kappa shape index (κ1) is 19.1. The average Bonchev–Trinajstić information content (AvgIpc) is 2.73. The van der Waals surface area contributed by atoms with Gasteiger partial charge in [-0.25, -0.2) is 9.97 Å². The van der Waals surface area contributed by atoms with Gasteiger partial charge in [-0.05, 0) is 39.3 Å².